The summed E-state index contributed by atoms with van der Waals surface area (Å²) in [5, 5.41) is 0. The molecule has 2 heterocycles. The van der Waals surface area contributed by atoms with E-state index in [1.54, 1.807) is 18.2 Å². The van der Waals surface area contributed by atoms with Gasteiger partial charge in [0.2, 0.25) is 0 Å². The second-order valence-corrected chi connectivity index (χ2v) is 6.84. The number of nitrogens with zero attached hydrogens (tertiary/aromatic N) is 1. The topological polar surface area (TPSA) is 29.5 Å². The van der Waals surface area contributed by atoms with Gasteiger partial charge in [-0.3, -0.25) is 4.79 Å². The van der Waals surface area contributed by atoms with E-state index in [4.69, 9.17) is 0 Å². The normalized spacial score (nSPS) is 28.0. The van der Waals surface area contributed by atoms with Gasteiger partial charge in [0.25, 0.3) is 5.91 Å². The number of carbonyl (C=O) groups is 1. The summed E-state index contributed by atoms with van der Waals surface area (Å²) in [5.74, 6) is -0.240. The van der Waals surface area contributed by atoms with E-state index in [1.165, 1.54) is 6.07 Å². The highest BCUT2D eigenvalue weighted by molar-refractivity contribution is 9.09. The number of para-hydroxylation sites is 1. The quantitative estimate of drug-likeness (QED) is 0.767. The van der Waals surface area contributed by atoms with Crippen molar-refractivity contribution in [1.29, 1.82) is 0 Å². The van der Waals surface area contributed by atoms with Gasteiger partial charge in [0.15, 0.2) is 0 Å². The molecule has 3 rings (SSSR count). The molecular formula is C15H16BrF2NO2. The molecular weight excluding hydrogens is 344 g/mol. The first-order valence-corrected chi connectivity index (χ1v) is 7.98. The van der Waals surface area contributed by atoms with Crippen LogP contribution in [0.4, 0.5) is 8.78 Å². The van der Waals surface area contributed by atoms with Gasteiger partial charge in [-0.15, -0.1) is 0 Å². The van der Waals surface area contributed by atoms with Crippen LogP contribution in [-0.4, -0.2) is 34.3 Å². The predicted octanol–water partition coefficient (Wildman–Crippen LogP) is 3.82. The lowest BCUT2D eigenvalue weighted by Gasteiger charge is -2.37. The maximum atomic E-state index is 12.8. The lowest BCUT2D eigenvalue weighted by atomic mass is 10.0. The Morgan fingerprint density at radius 1 is 1.24 bits per heavy atom. The highest BCUT2D eigenvalue weighted by Gasteiger charge is 2.43. The second-order valence-electron chi connectivity index (χ2n) is 5.54. The van der Waals surface area contributed by atoms with Crippen LogP contribution >= 0.6 is 15.9 Å². The van der Waals surface area contributed by atoms with Crippen LogP contribution < -0.4 is 4.74 Å². The minimum absolute atomic E-state index is 0.0436. The molecule has 2 fully saturated rings. The van der Waals surface area contributed by atoms with Crippen LogP contribution in [0, 0.1) is 0 Å². The first-order valence-electron chi connectivity index (χ1n) is 7.07. The van der Waals surface area contributed by atoms with Crippen molar-refractivity contribution in [2.24, 2.45) is 0 Å². The van der Waals surface area contributed by atoms with Gasteiger partial charge < -0.3 is 9.64 Å². The first-order chi connectivity index (χ1) is 10.1. The fourth-order valence-corrected chi connectivity index (χ4v) is 4.29. The number of benzene rings is 1. The van der Waals surface area contributed by atoms with Gasteiger partial charge >= 0.3 is 6.61 Å². The van der Waals surface area contributed by atoms with Gasteiger partial charge in [-0.1, -0.05) is 28.1 Å². The fraction of sp³-hybridized carbons (Fsp3) is 0.533. The molecule has 114 valence electrons. The first kappa shape index (κ1) is 14.8. The third kappa shape index (κ3) is 2.91. The van der Waals surface area contributed by atoms with Gasteiger partial charge in [-0.25, -0.2) is 0 Å². The molecule has 2 saturated heterocycles. The van der Waals surface area contributed by atoms with E-state index < -0.39 is 6.61 Å². The van der Waals surface area contributed by atoms with Crippen LogP contribution in [0.25, 0.3) is 0 Å². The lowest BCUT2D eigenvalue weighted by Crippen LogP contribution is -2.46. The van der Waals surface area contributed by atoms with Crippen molar-refractivity contribution in [3.8, 4) is 5.75 Å². The van der Waals surface area contributed by atoms with Gasteiger partial charge in [0.1, 0.15) is 5.75 Å². The summed E-state index contributed by atoms with van der Waals surface area (Å²) in [6, 6.07) is 6.62. The molecule has 0 saturated carbocycles. The molecule has 1 aromatic carbocycles. The molecule has 0 spiro atoms. The number of hydrogen-bond donors (Lipinski definition) is 0. The van der Waals surface area contributed by atoms with Crippen LogP contribution in [-0.2, 0) is 0 Å². The number of ether oxygens (including phenoxy) is 1. The number of carbonyl (C=O) groups excluding carboxylic acids is 1. The molecule has 0 aromatic heterocycles. The maximum absolute atomic E-state index is 12.8. The largest absolute Gasteiger partial charge is 0.434 e. The molecule has 3 nitrogen and oxygen atoms in total. The lowest BCUT2D eigenvalue weighted by molar-refractivity contribution is -0.0503. The summed E-state index contributed by atoms with van der Waals surface area (Å²) in [5.41, 5.74) is 0.225. The van der Waals surface area contributed by atoms with Crippen LogP contribution in [0.5, 0.6) is 5.75 Å². The third-order valence-electron chi connectivity index (χ3n) is 4.24. The van der Waals surface area contributed by atoms with Crippen molar-refractivity contribution in [3.63, 3.8) is 0 Å². The van der Waals surface area contributed by atoms with Crippen LogP contribution in [0.3, 0.4) is 0 Å². The van der Waals surface area contributed by atoms with Gasteiger partial charge in [-0.05, 0) is 37.8 Å². The Bertz CT molecular complexity index is 526. The van der Waals surface area contributed by atoms with E-state index in [9.17, 15) is 13.6 Å². The SMILES string of the molecule is O=C(c1ccccc1OC(F)F)N1C2CCC1CC(Br)C2. The number of amides is 1. The molecule has 2 aliphatic rings. The monoisotopic (exact) mass is 359 g/mol. The standard InChI is InChI=1S/C15H16BrF2NO2/c16-9-7-10-5-6-11(8-9)19(10)14(20)12-3-1-2-4-13(12)21-15(17)18/h1-4,9-11,15H,5-8H2. The summed E-state index contributed by atoms with van der Waals surface area (Å²) in [4.78, 5) is 15.1. The molecule has 1 aromatic rings. The second kappa shape index (κ2) is 5.91. The van der Waals surface area contributed by atoms with E-state index in [0.29, 0.717) is 4.83 Å². The summed E-state index contributed by atoms with van der Waals surface area (Å²) in [6.07, 6.45) is 3.80. The minimum atomic E-state index is -2.93. The molecule has 2 aliphatic heterocycles. The van der Waals surface area contributed by atoms with E-state index in [-0.39, 0.29) is 29.3 Å². The Hall–Kier alpha value is -1.17. The zero-order valence-electron chi connectivity index (χ0n) is 11.3. The number of alkyl halides is 3. The Kier molecular flexibility index (Phi) is 4.15. The van der Waals surface area contributed by atoms with Gasteiger partial charge in [0, 0.05) is 16.9 Å². The Morgan fingerprint density at radius 2 is 1.86 bits per heavy atom. The molecule has 21 heavy (non-hydrogen) atoms. The number of halogens is 3. The summed E-state index contributed by atoms with van der Waals surface area (Å²) in [7, 11) is 0. The average Bonchev–Trinajstić information content (AvgIpc) is 2.70. The smallest absolute Gasteiger partial charge is 0.387 e. The third-order valence-corrected chi connectivity index (χ3v) is 4.99. The molecule has 2 atom stereocenters. The highest BCUT2D eigenvalue weighted by atomic mass is 79.9. The number of hydrogen-bond acceptors (Lipinski definition) is 2. The summed E-state index contributed by atoms with van der Waals surface area (Å²) < 4.78 is 29.4. The maximum Gasteiger partial charge on any atom is 0.387 e. The Labute approximate surface area is 130 Å². The van der Waals surface area contributed by atoms with Crippen molar-refractivity contribution >= 4 is 21.8 Å². The zero-order valence-corrected chi connectivity index (χ0v) is 12.9. The molecule has 1 amide bonds. The molecule has 2 bridgehead atoms. The zero-order chi connectivity index (χ0) is 15.0. The fourth-order valence-electron chi connectivity index (χ4n) is 3.42. The Balaban J connectivity index is 1.86. The van der Waals surface area contributed by atoms with Crippen LogP contribution in [0.15, 0.2) is 24.3 Å². The van der Waals surface area contributed by atoms with E-state index in [1.807, 2.05) is 4.90 Å². The predicted molar refractivity (Wildman–Crippen MR) is 78.0 cm³/mol. The minimum Gasteiger partial charge on any atom is -0.434 e. The van der Waals surface area contributed by atoms with Crippen LogP contribution in [0.2, 0.25) is 0 Å². The van der Waals surface area contributed by atoms with Crippen molar-refractivity contribution in [3.05, 3.63) is 29.8 Å². The number of fused-ring (bicyclic) bond motifs is 2. The average molecular weight is 360 g/mol. The molecule has 0 aliphatic carbocycles. The van der Waals surface area contributed by atoms with Crippen molar-refractivity contribution < 1.29 is 18.3 Å². The Morgan fingerprint density at radius 3 is 2.48 bits per heavy atom. The molecule has 2 unspecified atom stereocenters. The van der Waals surface area contributed by atoms with Gasteiger partial charge in [0.05, 0.1) is 5.56 Å². The molecule has 6 heteroatoms. The molecule has 0 N–H and O–H groups in total. The van der Waals surface area contributed by atoms with Crippen molar-refractivity contribution in [2.75, 3.05) is 0 Å². The van der Waals surface area contributed by atoms with E-state index >= 15 is 0 Å². The molecule has 0 radical (unpaired) electrons. The van der Waals surface area contributed by atoms with Crippen molar-refractivity contribution in [2.45, 2.75) is 49.2 Å². The van der Waals surface area contributed by atoms with E-state index in [2.05, 4.69) is 20.7 Å². The highest BCUT2D eigenvalue weighted by Crippen LogP contribution is 2.40. The van der Waals surface area contributed by atoms with E-state index in [0.717, 1.165) is 25.7 Å². The number of rotatable bonds is 3. The summed E-state index contributed by atoms with van der Waals surface area (Å²) in [6.45, 7) is -2.93. The number of piperidine rings is 1. The van der Waals surface area contributed by atoms with Crippen LogP contribution in [0.1, 0.15) is 36.0 Å². The summed E-state index contributed by atoms with van der Waals surface area (Å²) >= 11 is 3.63. The van der Waals surface area contributed by atoms with Crippen molar-refractivity contribution in [1.82, 2.24) is 4.90 Å². The van der Waals surface area contributed by atoms with Gasteiger partial charge in [-0.2, -0.15) is 8.78 Å².